The molecule has 29 heavy (non-hydrogen) atoms. The van der Waals surface area contributed by atoms with Crippen LogP contribution < -0.4 is 0 Å². The largest absolute Gasteiger partial charge is 0.452 e. The summed E-state index contributed by atoms with van der Waals surface area (Å²) in [6.07, 6.45) is 0.830. The highest BCUT2D eigenvalue weighted by atomic mass is 16.5. The van der Waals surface area contributed by atoms with E-state index >= 15 is 0 Å². The molecule has 1 aliphatic heterocycles. The lowest BCUT2D eigenvalue weighted by atomic mass is 10.00. The molecule has 4 rings (SSSR count). The molecule has 3 aromatic rings. The highest BCUT2D eigenvalue weighted by molar-refractivity contribution is 5.92. The molecule has 0 bridgehead atoms. The van der Waals surface area contributed by atoms with E-state index in [9.17, 15) is 9.59 Å². The van der Waals surface area contributed by atoms with Crippen molar-refractivity contribution >= 4 is 11.9 Å². The van der Waals surface area contributed by atoms with Crippen LogP contribution in [0.5, 0.6) is 0 Å². The predicted octanol–water partition coefficient (Wildman–Crippen LogP) is 4.40. The number of rotatable bonds is 4. The number of fused-ring (bicyclic) bond motifs is 1. The lowest BCUT2D eigenvalue weighted by Crippen LogP contribution is -2.38. The molecule has 0 aliphatic carbocycles. The van der Waals surface area contributed by atoms with E-state index in [-0.39, 0.29) is 12.5 Å². The Balaban J connectivity index is 1.34. The van der Waals surface area contributed by atoms with Crippen molar-refractivity contribution in [1.29, 1.82) is 0 Å². The number of benzene rings is 3. The summed E-state index contributed by atoms with van der Waals surface area (Å²) in [7, 11) is 0. The van der Waals surface area contributed by atoms with Crippen molar-refractivity contribution in [3.63, 3.8) is 0 Å². The molecule has 0 unspecified atom stereocenters. The van der Waals surface area contributed by atoms with Gasteiger partial charge in [-0.05, 0) is 47.7 Å². The van der Waals surface area contributed by atoms with Crippen LogP contribution in [0.3, 0.4) is 0 Å². The van der Waals surface area contributed by atoms with Gasteiger partial charge in [0.2, 0.25) is 0 Å². The molecule has 4 heteroatoms. The first kappa shape index (κ1) is 18.9. The summed E-state index contributed by atoms with van der Waals surface area (Å²) in [5, 5.41) is 0. The lowest BCUT2D eigenvalue weighted by Gasteiger charge is -2.28. The summed E-state index contributed by atoms with van der Waals surface area (Å²) in [6, 6.07) is 23.6. The molecule has 1 heterocycles. The first-order valence-corrected chi connectivity index (χ1v) is 9.79. The van der Waals surface area contributed by atoms with Gasteiger partial charge in [-0.25, -0.2) is 4.79 Å². The van der Waals surface area contributed by atoms with E-state index in [0.29, 0.717) is 18.7 Å². The van der Waals surface area contributed by atoms with Gasteiger partial charge in [-0.15, -0.1) is 0 Å². The fourth-order valence-electron chi connectivity index (χ4n) is 3.56. The van der Waals surface area contributed by atoms with Gasteiger partial charge in [-0.2, -0.15) is 0 Å². The first-order valence-electron chi connectivity index (χ1n) is 9.79. The molecular weight excluding hydrogens is 362 g/mol. The normalized spacial score (nSPS) is 12.9. The van der Waals surface area contributed by atoms with E-state index in [4.69, 9.17) is 4.74 Å². The minimum absolute atomic E-state index is 0.163. The van der Waals surface area contributed by atoms with Gasteiger partial charge in [0.05, 0.1) is 5.56 Å². The Hall–Kier alpha value is -3.40. The summed E-state index contributed by atoms with van der Waals surface area (Å²) < 4.78 is 5.26. The van der Waals surface area contributed by atoms with Crippen LogP contribution in [0.15, 0.2) is 72.8 Å². The van der Waals surface area contributed by atoms with Gasteiger partial charge in [0.1, 0.15) is 0 Å². The Bertz CT molecular complexity index is 1020. The quantitative estimate of drug-likeness (QED) is 0.625. The third-order valence-electron chi connectivity index (χ3n) is 5.32. The van der Waals surface area contributed by atoms with Crippen molar-refractivity contribution in [2.45, 2.75) is 19.9 Å². The van der Waals surface area contributed by atoms with E-state index < -0.39 is 5.97 Å². The van der Waals surface area contributed by atoms with Gasteiger partial charge in [0.15, 0.2) is 6.61 Å². The number of nitrogens with zero attached hydrogens (tertiary/aromatic N) is 1. The van der Waals surface area contributed by atoms with E-state index in [0.717, 1.165) is 23.1 Å². The standard InChI is InChI=1S/C25H23NO3/c1-18-6-8-20(9-7-18)21-10-12-22(13-11-21)25(28)29-17-24(27)26-15-14-19-4-2-3-5-23(19)16-26/h2-13H,14-17H2,1H3. The second-order valence-electron chi connectivity index (χ2n) is 7.35. The Morgan fingerprint density at radius 3 is 2.17 bits per heavy atom. The number of esters is 1. The minimum atomic E-state index is -0.480. The number of hydrogen-bond acceptors (Lipinski definition) is 3. The summed E-state index contributed by atoms with van der Waals surface area (Å²) in [6.45, 7) is 3.03. The van der Waals surface area contributed by atoms with Gasteiger partial charge in [-0.1, -0.05) is 66.2 Å². The van der Waals surface area contributed by atoms with E-state index in [1.807, 2.05) is 37.3 Å². The van der Waals surface area contributed by atoms with Crippen LogP contribution in [0.4, 0.5) is 0 Å². The van der Waals surface area contributed by atoms with Crippen LogP contribution in [-0.4, -0.2) is 29.9 Å². The van der Waals surface area contributed by atoms with Gasteiger partial charge >= 0.3 is 5.97 Å². The molecule has 0 aromatic heterocycles. The fraction of sp³-hybridized carbons (Fsp3) is 0.200. The number of ether oxygens (including phenoxy) is 1. The zero-order valence-corrected chi connectivity index (χ0v) is 16.4. The monoisotopic (exact) mass is 385 g/mol. The maximum absolute atomic E-state index is 12.5. The molecule has 0 atom stereocenters. The van der Waals surface area contributed by atoms with Crippen molar-refractivity contribution in [2.75, 3.05) is 13.2 Å². The Kier molecular flexibility index (Phi) is 5.43. The Labute approximate surface area is 170 Å². The molecule has 1 amide bonds. The molecule has 0 N–H and O–H groups in total. The highest BCUT2D eigenvalue weighted by Crippen LogP contribution is 2.21. The van der Waals surface area contributed by atoms with Gasteiger partial charge in [-0.3, -0.25) is 4.79 Å². The minimum Gasteiger partial charge on any atom is -0.452 e. The topological polar surface area (TPSA) is 46.6 Å². The third kappa shape index (κ3) is 4.37. The van der Waals surface area contributed by atoms with Crippen molar-refractivity contribution < 1.29 is 14.3 Å². The zero-order valence-electron chi connectivity index (χ0n) is 16.4. The molecule has 146 valence electrons. The summed E-state index contributed by atoms with van der Waals surface area (Å²) in [5.74, 6) is -0.643. The van der Waals surface area contributed by atoms with E-state index in [2.05, 4.69) is 30.3 Å². The average molecular weight is 385 g/mol. The van der Waals surface area contributed by atoms with Crippen LogP contribution in [0.1, 0.15) is 27.0 Å². The number of aryl methyl sites for hydroxylation is 1. The lowest BCUT2D eigenvalue weighted by molar-refractivity contribution is -0.135. The number of amides is 1. The van der Waals surface area contributed by atoms with Crippen LogP contribution in [0, 0.1) is 6.92 Å². The van der Waals surface area contributed by atoms with Gasteiger partial charge in [0, 0.05) is 13.1 Å². The molecular formula is C25H23NO3. The molecule has 0 fully saturated rings. The molecule has 0 spiro atoms. The number of carbonyl (C=O) groups is 2. The predicted molar refractivity (Wildman–Crippen MR) is 112 cm³/mol. The maximum Gasteiger partial charge on any atom is 0.338 e. The summed E-state index contributed by atoms with van der Waals surface area (Å²) >= 11 is 0. The SMILES string of the molecule is Cc1ccc(-c2ccc(C(=O)OCC(=O)N3CCc4ccccc4C3)cc2)cc1. The third-order valence-corrected chi connectivity index (χ3v) is 5.32. The Morgan fingerprint density at radius 1 is 0.862 bits per heavy atom. The smallest absolute Gasteiger partial charge is 0.338 e. The van der Waals surface area contributed by atoms with Crippen molar-refractivity contribution in [3.05, 3.63) is 95.1 Å². The average Bonchev–Trinajstić information content (AvgIpc) is 2.77. The van der Waals surface area contributed by atoms with E-state index in [1.54, 1.807) is 17.0 Å². The van der Waals surface area contributed by atoms with Gasteiger partial charge < -0.3 is 9.64 Å². The van der Waals surface area contributed by atoms with Crippen LogP contribution in [0.25, 0.3) is 11.1 Å². The molecule has 0 saturated heterocycles. The Morgan fingerprint density at radius 2 is 1.48 bits per heavy atom. The van der Waals surface area contributed by atoms with Crippen LogP contribution >= 0.6 is 0 Å². The van der Waals surface area contributed by atoms with E-state index in [1.165, 1.54) is 11.1 Å². The first-order chi connectivity index (χ1) is 14.1. The maximum atomic E-state index is 12.5. The second-order valence-corrected chi connectivity index (χ2v) is 7.35. The highest BCUT2D eigenvalue weighted by Gasteiger charge is 2.21. The van der Waals surface area contributed by atoms with Crippen molar-refractivity contribution in [2.24, 2.45) is 0 Å². The van der Waals surface area contributed by atoms with Crippen molar-refractivity contribution in [3.8, 4) is 11.1 Å². The second kappa shape index (κ2) is 8.31. The van der Waals surface area contributed by atoms with Crippen LogP contribution in [0.2, 0.25) is 0 Å². The molecule has 3 aromatic carbocycles. The summed E-state index contributed by atoms with van der Waals surface area (Å²) in [4.78, 5) is 26.5. The molecule has 1 aliphatic rings. The number of hydrogen-bond donors (Lipinski definition) is 0. The van der Waals surface area contributed by atoms with Gasteiger partial charge in [0.25, 0.3) is 5.91 Å². The summed E-state index contributed by atoms with van der Waals surface area (Å²) in [5.41, 5.74) is 6.21. The molecule has 0 radical (unpaired) electrons. The van der Waals surface area contributed by atoms with Crippen LogP contribution in [-0.2, 0) is 22.5 Å². The number of carbonyl (C=O) groups excluding carboxylic acids is 2. The van der Waals surface area contributed by atoms with Crippen molar-refractivity contribution in [1.82, 2.24) is 4.90 Å². The molecule has 0 saturated carbocycles. The zero-order chi connectivity index (χ0) is 20.2. The fourth-order valence-corrected chi connectivity index (χ4v) is 3.56. The molecule has 4 nitrogen and oxygen atoms in total.